The third-order valence-electron chi connectivity index (χ3n) is 1.98. The Bertz CT molecular complexity index is 433. The van der Waals surface area contributed by atoms with E-state index in [4.69, 9.17) is 5.73 Å². The van der Waals surface area contributed by atoms with E-state index >= 15 is 0 Å². The van der Waals surface area contributed by atoms with E-state index in [-0.39, 0.29) is 0 Å². The molecule has 0 amide bonds. The minimum absolute atomic E-state index is 0.317. The zero-order valence-electron chi connectivity index (χ0n) is 8.01. The first-order valence-corrected chi connectivity index (χ1v) is 4.44. The molecular weight excluding hydrogens is 176 g/mol. The summed E-state index contributed by atoms with van der Waals surface area (Å²) in [5, 5.41) is 4.02. The number of nitrogens with two attached hydrogens (primary N) is 1. The second-order valence-electron chi connectivity index (χ2n) is 3.29. The van der Waals surface area contributed by atoms with Crippen LogP contribution in [-0.2, 0) is 6.54 Å². The standard InChI is InChI=1S/C10H12N4/c1-8-3-2-4-9(5-8)6-14-7-12-10(11)13-14/h2-5,7H,6H2,1H3,(H2,11,13). The van der Waals surface area contributed by atoms with Crippen LogP contribution in [0, 0.1) is 6.92 Å². The van der Waals surface area contributed by atoms with Crippen LogP contribution in [0.2, 0.25) is 0 Å². The molecular formula is C10H12N4. The highest BCUT2D eigenvalue weighted by Crippen LogP contribution is 2.05. The highest BCUT2D eigenvalue weighted by atomic mass is 15.3. The van der Waals surface area contributed by atoms with Gasteiger partial charge in [0.25, 0.3) is 0 Å². The summed E-state index contributed by atoms with van der Waals surface area (Å²) in [6, 6.07) is 8.28. The summed E-state index contributed by atoms with van der Waals surface area (Å²) < 4.78 is 1.73. The number of aryl methyl sites for hydroxylation is 1. The molecule has 14 heavy (non-hydrogen) atoms. The first-order chi connectivity index (χ1) is 6.74. The number of nitrogens with zero attached hydrogens (tertiary/aromatic N) is 3. The first-order valence-electron chi connectivity index (χ1n) is 4.44. The topological polar surface area (TPSA) is 56.7 Å². The molecule has 2 aromatic rings. The van der Waals surface area contributed by atoms with E-state index in [2.05, 4.69) is 35.2 Å². The molecule has 0 saturated heterocycles. The molecule has 1 aromatic carbocycles. The van der Waals surface area contributed by atoms with Crippen molar-refractivity contribution in [1.82, 2.24) is 14.8 Å². The Morgan fingerprint density at radius 2 is 2.29 bits per heavy atom. The maximum Gasteiger partial charge on any atom is 0.239 e. The average molecular weight is 188 g/mol. The normalized spacial score (nSPS) is 10.4. The summed E-state index contributed by atoms with van der Waals surface area (Å²) in [5.74, 6) is 0.317. The van der Waals surface area contributed by atoms with Gasteiger partial charge in [-0.25, -0.2) is 9.67 Å². The van der Waals surface area contributed by atoms with Crippen molar-refractivity contribution in [2.24, 2.45) is 0 Å². The highest BCUT2D eigenvalue weighted by molar-refractivity contribution is 5.22. The number of benzene rings is 1. The lowest BCUT2D eigenvalue weighted by Gasteiger charge is -2.01. The maximum absolute atomic E-state index is 5.42. The van der Waals surface area contributed by atoms with Crippen molar-refractivity contribution in [2.75, 3.05) is 5.73 Å². The molecule has 0 aliphatic heterocycles. The van der Waals surface area contributed by atoms with E-state index in [1.54, 1.807) is 11.0 Å². The fourth-order valence-corrected chi connectivity index (χ4v) is 1.38. The lowest BCUT2D eigenvalue weighted by molar-refractivity contribution is 0.687. The Kier molecular flexibility index (Phi) is 2.18. The zero-order chi connectivity index (χ0) is 9.97. The molecule has 0 unspecified atom stereocenters. The molecule has 0 atom stereocenters. The van der Waals surface area contributed by atoms with Gasteiger partial charge in [-0.15, -0.1) is 5.10 Å². The zero-order valence-corrected chi connectivity index (χ0v) is 8.01. The Hall–Kier alpha value is -1.84. The number of anilines is 1. The van der Waals surface area contributed by atoms with Crippen molar-refractivity contribution >= 4 is 5.95 Å². The van der Waals surface area contributed by atoms with Crippen molar-refractivity contribution in [3.63, 3.8) is 0 Å². The van der Waals surface area contributed by atoms with Crippen LogP contribution in [0.25, 0.3) is 0 Å². The number of aromatic nitrogens is 3. The fraction of sp³-hybridized carbons (Fsp3) is 0.200. The van der Waals surface area contributed by atoms with Gasteiger partial charge in [0, 0.05) is 0 Å². The van der Waals surface area contributed by atoms with E-state index in [9.17, 15) is 0 Å². The number of hydrogen-bond acceptors (Lipinski definition) is 3. The van der Waals surface area contributed by atoms with Crippen molar-refractivity contribution in [1.29, 1.82) is 0 Å². The second-order valence-corrected chi connectivity index (χ2v) is 3.29. The molecule has 1 aromatic heterocycles. The number of rotatable bonds is 2. The molecule has 0 aliphatic rings. The van der Waals surface area contributed by atoms with Crippen LogP contribution in [0.15, 0.2) is 30.6 Å². The van der Waals surface area contributed by atoms with Gasteiger partial charge in [-0.1, -0.05) is 29.8 Å². The van der Waals surface area contributed by atoms with E-state index in [1.807, 2.05) is 6.07 Å². The predicted molar refractivity (Wildman–Crippen MR) is 54.7 cm³/mol. The van der Waals surface area contributed by atoms with Gasteiger partial charge in [-0.2, -0.15) is 0 Å². The van der Waals surface area contributed by atoms with Crippen LogP contribution in [0.4, 0.5) is 5.95 Å². The first kappa shape index (κ1) is 8.74. The van der Waals surface area contributed by atoms with Crippen LogP contribution >= 0.6 is 0 Å². The van der Waals surface area contributed by atoms with Crippen LogP contribution in [0.5, 0.6) is 0 Å². The summed E-state index contributed by atoms with van der Waals surface area (Å²) >= 11 is 0. The van der Waals surface area contributed by atoms with E-state index in [0.717, 1.165) is 0 Å². The molecule has 1 heterocycles. The maximum atomic E-state index is 5.42. The third kappa shape index (κ3) is 1.90. The average Bonchev–Trinajstić information content (AvgIpc) is 2.51. The number of nitrogen functional groups attached to an aromatic ring is 1. The fourth-order valence-electron chi connectivity index (χ4n) is 1.38. The summed E-state index contributed by atoms with van der Waals surface area (Å²) in [4.78, 5) is 3.86. The minimum atomic E-state index is 0.317. The molecule has 2 N–H and O–H groups in total. The summed E-state index contributed by atoms with van der Waals surface area (Å²) in [6.07, 6.45) is 1.64. The summed E-state index contributed by atoms with van der Waals surface area (Å²) in [6.45, 7) is 2.78. The molecule has 4 heteroatoms. The van der Waals surface area contributed by atoms with Gasteiger partial charge in [-0.3, -0.25) is 0 Å². The largest absolute Gasteiger partial charge is 0.367 e. The number of hydrogen-bond donors (Lipinski definition) is 1. The van der Waals surface area contributed by atoms with Crippen LogP contribution in [-0.4, -0.2) is 14.8 Å². The van der Waals surface area contributed by atoms with E-state index in [0.29, 0.717) is 12.5 Å². The molecule has 0 radical (unpaired) electrons. The monoisotopic (exact) mass is 188 g/mol. The Balaban J connectivity index is 2.18. The second kappa shape index (κ2) is 3.49. The Morgan fingerprint density at radius 1 is 1.43 bits per heavy atom. The van der Waals surface area contributed by atoms with Crippen molar-refractivity contribution in [3.05, 3.63) is 41.7 Å². The van der Waals surface area contributed by atoms with Crippen molar-refractivity contribution in [2.45, 2.75) is 13.5 Å². The molecule has 72 valence electrons. The molecule has 0 saturated carbocycles. The molecule has 0 bridgehead atoms. The van der Waals surface area contributed by atoms with Gasteiger partial charge >= 0.3 is 0 Å². The predicted octanol–water partition coefficient (Wildman–Crippen LogP) is 1.22. The van der Waals surface area contributed by atoms with Gasteiger partial charge in [-0.05, 0) is 12.5 Å². The van der Waals surface area contributed by atoms with Crippen molar-refractivity contribution < 1.29 is 0 Å². The van der Waals surface area contributed by atoms with Gasteiger partial charge in [0.05, 0.1) is 6.54 Å². The SMILES string of the molecule is Cc1cccc(Cn2cnc(N)n2)c1. The van der Waals surface area contributed by atoms with E-state index < -0.39 is 0 Å². The van der Waals surface area contributed by atoms with Gasteiger partial charge in [0.1, 0.15) is 6.33 Å². The summed E-state index contributed by atoms with van der Waals surface area (Å²) in [5.41, 5.74) is 7.87. The highest BCUT2D eigenvalue weighted by Gasteiger charge is 1.97. The third-order valence-corrected chi connectivity index (χ3v) is 1.98. The van der Waals surface area contributed by atoms with Gasteiger partial charge < -0.3 is 5.73 Å². The summed E-state index contributed by atoms with van der Waals surface area (Å²) in [7, 11) is 0. The lowest BCUT2D eigenvalue weighted by Crippen LogP contribution is -2.01. The molecule has 0 aliphatic carbocycles. The quantitative estimate of drug-likeness (QED) is 0.770. The lowest BCUT2D eigenvalue weighted by atomic mass is 10.1. The van der Waals surface area contributed by atoms with Crippen molar-refractivity contribution in [3.8, 4) is 0 Å². The minimum Gasteiger partial charge on any atom is -0.367 e. The Labute approximate surface area is 82.4 Å². The molecule has 4 nitrogen and oxygen atoms in total. The van der Waals surface area contributed by atoms with Gasteiger partial charge in [0.15, 0.2) is 0 Å². The van der Waals surface area contributed by atoms with Crippen LogP contribution < -0.4 is 5.73 Å². The Morgan fingerprint density at radius 3 is 2.93 bits per heavy atom. The molecule has 0 fully saturated rings. The van der Waals surface area contributed by atoms with Crippen LogP contribution in [0.1, 0.15) is 11.1 Å². The smallest absolute Gasteiger partial charge is 0.239 e. The van der Waals surface area contributed by atoms with Crippen LogP contribution in [0.3, 0.4) is 0 Å². The van der Waals surface area contributed by atoms with E-state index in [1.165, 1.54) is 11.1 Å². The molecule has 0 spiro atoms. The van der Waals surface area contributed by atoms with Gasteiger partial charge in [0.2, 0.25) is 5.95 Å². The molecule has 2 rings (SSSR count).